The molecule has 194 valence electrons. The van der Waals surface area contributed by atoms with Gasteiger partial charge in [-0.15, -0.1) is 0 Å². The van der Waals surface area contributed by atoms with Crippen molar-refractivity contribution in [2.75, 3.05) is 6.54 Å². The second-order valence-electron chi connectivity index (χ2n) is 7.50. The van der Waals surface area contributed by atoms with Crippen LogP contribution in [0.25, 0.3) is 0 Å². The van der Waals surface area contributed by atoms with Gasteiger partial charge in [0.2, 0.25) is 17.7 Å². The molecule has 0 heterocycles. The zero-order valence-electron chi connectivity index (χ0n) is 18.8. The highest BCUT2D eigenvalue weighted by Crippen LogP contribution is 2.04. The van der Waals surface area contributed by atoms with Gasteiger partial charge in [0, 0.05) is 6.54 Å². The molecule has 0 fully saturated rings. The van der Waals surface area contributed by atoms with Crippen LogP contribution < -0.4 is 33.2 Å². The lowest BCUT2D eigenvalue weighted by molar-refractivity contribution is -0.147. The summed E-state index contributed by atoms with van der Waals surface area (Å²) in [5.74, 6) is -6.30. The van der Waals surface area contributed by atoms with E-state index in [9.17, 15) is 34.2 Å². The highest BCUT2D eigenvalue weighted by molar-refractivity contribution is 5.95. The van der Waals surface area contributed by atoms with Crippen molar-refractivity contribution in [2.45, 2.75) is 69.5 Å². The second kappa shape index (κ2) is 14.6. The number of hydrogen-bond acceptors (Lipinski definition) is 9. The van der Waals surface area contributed by atoms with Gasteiger partial charge in [-0.25, -0.2) is 4.79 Å². The first-order valence-corrected chi connectivity index (χ1v) is 10.2. The van der Waals surface area contributed by atoms with Crippen molar-refractivity contribution >= 4 is 35.6 Å². The summed E-state index contributed by atoms with van der Waals surface area (Å²) in [6.07, 6.45) is -3.59. The molecule has 0 aromatic carbocycles. The Hall–Kier alpha value is -3.50. The zero-order chi connectivity index (χ0) is 26.6. The van der Waals surface area contributed by atoms with Crippen LogP contribution in [0.5, 0.6) is 0 Å². The Labute approximate surface area is 194 Å². The minimum absolute atomic E-state index is 0.0548. The van der Waals surface area contributed by atoms with E-state index in [-0.39, 0.29) is 25.3 Å². The van der Waals surface area contributed by atoms with E-state index in [1.165, 1.54) is 13.8 Å². The van der Waals surface area contributed by atoms with Gasteiger partial charge >= 0.3 is 11.9 Å². The molecule has 0 aliphatic rings. The van der Waals surface area contributed by atoms with Crippen molar-refractivity contribution in [1.29, 1.82) is 0 Å². The summed E-state index contributed by atoms with van der Waals surface area (Å²) in [4.78, 5) is 63.3. The fourth-order valence-corrected chi connectivity index (χ4v) is 2.55. The zero-order valence-corrected chi connectivity index (χ0v) is 18.8. The van der Waals surface area contributed by atoms with E-state index < -0.39 is 72.5 Å². The number of carboxylic acids is 2. The van der Waals surface area contributed by atoms with Gasteiger partial charge in [-0.05, 0) is 26.7 Å². The monoisotopic (exact) mass is 491 g/mol. The van der Waals surface area contributed by atoms with Gasteiger partial charge in [-0.3, -0.25) is 24.2 Å². The third-order valence-corrected chi connectivity index (χ3v) is 4.46. The Morgan fingerprint density at radius 3 is 1.85 bits per heavy atom. The van der Waals surface area contributed by atoms with Crippen LogP contribution in [-0.2, 0) is 24.0 Å². The minimum Gasteiger partial charge on any atom is -0.481 e. The number of aliphatic hydroxyl groups is 2. The number of aliphatic imine (C=N–C) groups is 1. The Morgan fingerprint density at radius 2 is 1.41 bits per heavy atom. The molecule has 16 heteroatoms. The van der Waals surface area contributed by atoms with E-state index in [0.717, 1.165) is 0 Å². The maximum atomic E-state index is 12.7. The fraction of sp³-hybridized carbons (Fsp3) is 0.667. The standard InChI is InChI=1S/C18H33N7O9/c1-7(26)12(19)15(31)25-13(8(2)27)16(32)23-9(4-3-5-22-18(20)21)14(30)24-10(17(33)34)6-11(28)29/h7-10,12-13,26-27H,3-6,19H2,1-2H3,(H,23,32)(H,24,30)(H,25,31)(H,28,29)(H,33,34)(H4,20,21,22). The van der Waals surface area contributed by atoms with E-state index in [2.05, 4.69) is 15.6 Å². The number of amides is 3. The van der Waals surface area contributed by atoms with Gasteiger partial charge < -0.3 is 53.6 Å². The summed E-state index contributed by atoms with van der Waals surface area (Å²) >= 11 is 0. The van der Waals surface area contributed by atoms with Crippen molar-refractivity contribution in [3.8, 4) is 0 Å². The lowest BCUT2D eigenvalue weighted by Crippen LogP contribution is -2.60. The molecule has 6 atom stereocenters. The molecule has 0 aromatic rings. The first kappa shape index (κ1) is 30.5. The van der Waals surface area contributed by atoms with E-state index in [1.807, 2.05) is 5.32 Å². The van der Waals surface area contributed by atoms with Gasteiger partial charge in [0.15, 0.2) is 5.96 Å². The number of nitrogens with two attached hydrogens (primary N) is 3. The van der Waals surface area contributed by atoms with E-state index in [4.69, 9.17) is 27.4 Å². The smallest absolute Gasteiger partial charge is 0.326 e. The largest absolute Gasteiger partial charge is 0.481 e. The van der Waals surface area contributed by atoms with Crippen molar-refractivity contribution in [3.05, 3.63) is 0 Å². The number of carbonyl (C=O) groups is 5. The third kappa shape index (κ3) is 11.4. The highest BCUT2D eigenvalue weighted by Gasteiger charge is 2.33. The Bertz CT molecular complexity index is 769. The quantitative estimate of drug-likeness (QED) is 0.0586. The maximum Gasteiger partial charge on any atom is 0.326 e. The van der Waals surface area contributed by atoms with Crippen molar-refractivity contribution < 1.29 is 44.4 Å². The minimum atomic E-state index is -1.78. The lowest BCUT2D eigenvalue weighted by Gasteiger charge is -2.26. The molecular weight excluding hydrogens is 458 g/mol. The number of carboxylic acid groups (broad SMARTS) is 2. The molecule has 3 amide bonds. The summed E-state index contributed by atoms with van der Waals surface area (Å²) in [5.41, 5.74) is 16.0. The van der Waals surface area contributed by atoms with Crippen molar-refractivity contribution in [1.82, 2.24) is 16.0 Å². The average Bonchev–Trinajstić information content (AvgIpc) is 2.71. The van der Waals surface area contributed by atoms with Gasteiger partial charge in [-0.2, -0.15) is 0 Å². The van der Waals surface area contributed by atoms with E-state index >= 15 is 0 Å². The molecule has 0 saturated heterocycles. The maximum absolute atomic E-state index is 12.7. The van der Waals surface area contributed by atoms with Gasteiger partial charge in [0.05, 0.1) is 18.6 Å². The highest BCUT2D eigenvalue weighted by atomic mass is 16.4. The Kier molecular flexibility index (Phi) is 13.1. The topological polar surface area (TPSA) is 293 Å². The normalized spacial score (nSPS) is 16.0. The number of hydrogen-bond donors (Lipinski definition) is 10. The van der Waals surface area contributed by atoms with Crippen molar-refractivity contribution in [2.24, 2.45) is 22.2 Å². The summed E-state index contributed by atoms with van der Waals surface area (Å²) in [6, 6.07) is -6.17. The Balaban J connectivity index is 5.59. The number of nitrogens with one attached hydrogen (secondary N) is 3. The molecule has 0 aliphatic heterocycles. The molecule has 16 nitrogen and oxygen atoms in total. The van der Waals surface area contributed by atoms with Crippen LogP contribution >= 0.6 is 0 Å². The molecule has 0 rings (SSSR count). The number of rotatable bonds is 15. The predicted molar refractivity (Wildman–Crippen MR) is 117 cm³/mol. The number of aliphatic carboxylic acids is 2. The third-order valence-electron chi connectivity index (χ3n) is 4.46. The van der Waals surface area contributed by atoms with E-state index in [0.29, 0.717) is 0 Å². The van der Waals surface area contributed by atoms with Crippen LogP contribution in [0.1, 0.15) is 33.1 Å². The predicted octanol–water partition coefficient (Wildman–Crippen LogP) is -4.86. The van der Waals surface area contributed by atoms with E-state index in [1.54, 1.807) is 0 Å². The molecule has 0 bridgehead atoms. The molecule has 0 aromatic heterocycles. The van der Waals surface area contributed by atoms with Crippen LogP contribution in [0.4, 0.5) is 0 Å². The van der Waals surface area contributed by atoms with Crippen LogP contribution in [0.2, 0.25) is 0 Å². The van der Waals surface area contributed by atoms with Gasteiger partial charge in [0.25, 0.3) is 0 Å². The molecule has 13 N–H and O–H groups in total. The van der Waals surface area contributed by atoms with Crippen LogP contribution in [0.3, 0.4) is 0 Å². The number of carbonyl (C=O) groups excluding carboxylic acids is 3. The van der Waals surface area contributed by atoms with Crippen molar-refractivity contribution in [3.63, 3.8) is 0 Å². The second-order valence-corrected chi connectivity index (χ2v) is 7.50. The van der Waals surface area contributed by atoms with Crippen LogP contribution in [0.15, 0.2) is 4.99 Å². The fourth-order valence-electron chi connectivity index (χ4n) is 2.55. The molecule has 0 aliphatic carbocycles. The number of guanidine groups is 1. The van der Waals surface area contributed by atoms with Crippen LogP contribution in [0, 0.1) is 0 Å². The molecular formula is C18H33N7O9. The molecule has 6 unspecified atom stereocenters. The number of nitrogens with zero attached hydrogens (tertiary/aromatic N) is 1. The summed E-state index contributed by atoms with van der Waals surface area (Å²) < 4.78 is 0. The average molecular weight is 492 g/mol. The first-order valence-electron chi connectivity index (χ1n) is 10.2. The summed E-state index contributed by atoms with van der Waals surface area (Å²) in [6.45, 7) is 2.48. The molecule has 34 heavy (non-hydrogen) atoms. The van der Waals surface area contributed by atoms with Gasteiger partial charge in [-0.1, -0.05) is 0 Å². The lowest BCUT2D eigenvalue weighted by atomic mass is 10.1. The first-order chi connectivity index (χ1) is 15.7. The SMILES string of the molecule is CC(O)C(N)C(=O)NC(C(=O)NC(CCCN=C(N)N)C(=O)NC(CC(=O)O)C(=O)O)C(C)O. The summed E-state index contributed by atoms with van der Waals surface area (Å²) in [5, 5.41) is 43.8. The molecule has 0 saturated carbocycles. The van der Waals surface area contributed by atoms with Gasteiger partial charge in [0.1, 0.15) is 24.2 Å². The molecule has 0 radical (unpaired) electrons. The summed E-state index contributed by atoms with van der Waals surface area (Å²) in [7, 11) is 0. The Morgan fingerprint density at radius 1 is 0.853 bits per heavy atom. The molecule has 0 spiro atoms. The number of aliphatic hydroxyl groups excluding tert-OH is 2. The van der Waals surface area contributed by atoms with Crippen LogP contribution in [-0.4, -0.2) is 99.0 Å².